The minimum atomic E-state index is -0.252. The monoisotopic (exact) mass is 452 g/mol. The van der Waals surface area contributed by atoms with Crippen LogP contribution in [0.5, 0.6) is 0 Å². The molecule has 2 N–H and O–H groups in total. The van der Waals surface area contributed by atoms with Gasteiger partial charge in [-0.3, -0.25) is 19.3 Å². The van der Waals surface area contributed by atoms with E-state index in [1.807, 2.05) is 63.5 Å². The number of imidazole rings is 1. The highest BCUT2D eigenvalue weighted by molar-refractivity contribution is 6.03. The summed E-state index contributed by atoms with van der Waals surface area (Å²) in [7, 11) is 0. The largest absolute Gasteiger partial charge is 0.321 e. The second-order valence-corrected chi connectivity index (χ2v) is 9.36. The fourth-order valence-corrected chi connectivity index (χ4v) is 4.93. The summed E-state index contributed by atoms with van der Waals surface area (Å²) in [5, 5.41) is 12.2. The summed E-state index contributed by atoms with van der Waals surface area (Å²) in [5.74, 6) is -0.252. The lowest BCUT2D eigenvalue weighted by Gasteiger charge is -2.16. The fraction of sp³-hybridized carbons (Fsp3) is 0.241. The number of aromatic nitrogens is 2. The van der Waals surface area contributed by atoms with Crippen molar-refractivity contribution in [1.82, 2.24) is 9.13 Å². The van der Waals surface area contributed by atoms with E-state index in [0.717, 1.165) is 50.4 Å². The average Bonchev–Trinajstić information content (AvgIpc) is 3.05. The maximum absolute atomic E-state index is 13.6. The first-order valence-corrected chi connectivity index (χ1v) is 11.5. The Morgan fingerprint density at radius 1 is 0.706 bits per heavy atom. The molecule has 0 aliphatic carbocycles. The molecule has 5 heteroatoms. The van der Waals surface area contributed by atoms with E-state index in [-0.39, 0.29) is 11.5 Å². The molecule has 4 aromatic rings. The van der Waals surface area contributed by atoms with Crippen LogP contribution < -0.4 is 10.9 Å². The minimum Gasteiger partial charge on any atom is -0.321 e. The summed E-state index contributed by atoms with van der Waals surface area (Å²) < 4.78 is 3.60. The number of anilines is 1. The van der Waals surface area contributed by atoms with E-state index in [4.69, 9.17) is 0 Å². The molecule has 174 valence electrons. The van der Waals surface area contributed by atoms with Gasteiger partial charge < -0.3 is 5.32 Å². The lowest BCUT2D eigenvalue weighted by atomic mass is 10.0. The highest BCUT2D eigenvalue weighted by atomic mass is 16.2. The van der Waals surface area contributed by atoms with Gasteiger partial charge in [-0.25, -0.2) is 0 Å². The van der Waals surface area contributed by atoms with Gasteiger partial charge in [-0.2, -0.15) is 0 Å². The Bertz CT molecular complexity index is 1420. The van der Waals surface area contributed by atoms with E-state index < -0.39 is 0 Å². The molecule has 0 fully saturated rings. The zero-order chi connectivity index (χ0) is 24.7. The van der Waals surface area contributed by atoms with Gasteiger partial charge in [0.1, 0.15) is 5.69 Å². The van der Waals surface area contributed by atoms with Crippen LogP contribution in [0.3, 0.4) is 0 Å². The van der Waals surface area contributed by atoms with Crippen molar-refractivity contribution in [2.75, 3.05) is 5.32 Å². The molecular formula is C29H32N4O. The molecule has 0 radical (unpaired) electrons. The number of benzene rings is 3. The number of rotatable bonds is 4. The first-order valence-electron chi connectivity index (χ1n) is 11.5. The molecule has 1 amide bonds. The molecule has 0 unspecified atom stereocenters. The van der Waals surface area contributed by atoms with Gasteiger partial charge in [-0.05, 0) is 82.9 Å². The molecule has 0 aliphatic rings. The van der Waals surface area contributed by atoms with Crippen molar-refractivity contribution in [3.63, 3.8) is 0 Å². The third kappa shape index (κ3) is 4.21. The topological polar surface area (TPSA) is 62.8 Å². The molecule has 0 saturated heterocycles. The molecule has 4 rings (SSSR count). The summed E-state index contributed by atoms with van der Waals surface area (Å²) in [6.45, 7) is 14.3. The van der Waals surface area contributed by atoms with Gasteiger partial charge in [-0.15, -0.1) is 0 Å². The molecule has 0 bridgehead atoms. The summed E-state index contributed by atoms with van der Waals surface area (Å²) >= 11 is 0. The first kappa shape index (κ1) is 23.3. The molecule has 3 aromatic carbocycles. The average molecular weight is 453 g/mol. The van der Waals surface area contributed by atoms with Crippen LogP contribution >= 0.6 is 0 Å². The maximum Gasteiger partial charge on any atom is 0.274 e. The van der Waals surface area contributed by atoms with Crippen molar-refractivity contribution in [3.8, 4) is 11.4 Å². The second-order valence-electron chi connectivity index (χ2n) is 9.36. The third-order valence-corrected chi connectivity index (χ3v) is 6.21. The molecule has 0 saturated carbocycles. The van der Waals surface area contributed by atoms with Gasteiger partial charge in [0.05, 0.1) is 11.4 Å². The normalized spacial score (nSPS) is 11.0. The maximum atomic E-state index is 13.6. The fourth-order valence-electron chi connectivity index (χ4n) is 4.93. The van der Waals surface area contributed by atoms with E-state index in [1.54, 1.807) is 10.8 Å². The molecule has 0 aliphatic heterocycles. The summed E-state index contributed by atoms with van der Waals surface area (Å²) in [6, 6.07) is 16.1. The Labute approximate surface area is 201 Å². The van der Waals surface area contributed by atoms with Gasteiger partial charge in [0, 0.05) is 11.9 Å². The van der Waals surface area contributed by atoms with E-state index in [9.17, 15) is 10.2 Å². The highest BCUT2D eigenvalue weighted by Crippen LogP contribution is 2.25. The highest BCUT2D eigenvalue weighted by Gasteiger charge is 2.22. The quantitative estimate of drug-likeness (QED) is 0.383. The van der Waals surface area contributed by atoms with Gasteiger partial charge in [0.25, 0.3) is 5.91 Å². The van der Waals surface area contributed by atoms with Crippen LogP contribution in [-0.4, -0.2) is 15.0 Å². The van der Waals surface area contributed by atoms with Crippen LogP contribution in [0, 0.1) is 53.9 Å². The number of aryl methyl sites for hydroxylation is 7. The lowest BCUT2D eigenvalue weighted by Crippen LogP contribution is -2.27. The molecule has 5 nitrogen and oxygen atoms in total. The van der Waals surface area contributed by atoms with Crippen molar-refractivity contribution in [2.24, 2.45) is 0 Å². The van der Waals surface area contributed by atoms with Crippen LogP contribution in [0.4, 0.5) is 5.69 Å². The van der Waals surface area contributed by atoms with Crippen molar-refractivity contribution in [3.05, 3.63) is 105 Å². The van der Waals surface area contributed by atoms with Crippen molar-refractivity contribution >= 4 is 11.6 Å². The smallest absolute Gasteiger partial charge is 0.274 e. The third-order valence-electron chi connectivity index (χ3n) is 6.21. The number of hydrogen-bond acceptors (Lipinski definition) is 2. The van der Waals surface area contributed by atoms with E-state index >= 15 is 0 Å². The Hall–Kier alpha value is -3.86. The Morgan fingerprint density at radius 3 is 1.68 bits per heavy atom. The lowest BCUT2D eigenvalue weighted by molar-refractivity contribution is 0.102. The number of nitrogens with one attached hydrogen (secondary N) is 2. The predicted molar refractivity (Wildman–Crippen MR) is 139 cm³/mol. The van der Waals surface area contributed by atoms with Crippen molar-refractivity contribution in [2.45, 2.75) is 48.5 Å². The SMILES string of the molecule is Cc1ccc(NC(=O)c2cn(-c3c(C)cc(C)cc3C)c(=N)n2-c2c(C)cc(C)cc2C)cc1. The number of amides is 1. The van der Waals surface area contributed by atoms with Crippen LogP contribution in [-0.2, 0) is 0 Å². The van der Waals surface area contributed by atoms with E-state index in [1.165, 1.54) is 5.56 Å². The zero-order valence-electron chi connectivity index (χ0n) is 21.0. The second kappa shape index (κ2) is 8.82. The van der Waals surface area contributed by atoms with Gasteiger partial charge in [-0.1, -0.05) is 53.1 Å². The van der Waals surface area contributed by atoms with Gasteiger partial charge in [0.2, 0.25) is 5.62 Å². The van der Waals surface area contributed by atoms with Crippen LogP contribution in [0.15, 0.2) is 54.7 Å². The van der Waals surface area contributed by atoms with E-state index in [0.29, 0.717) is 5.69 Å². The molecule has 0 spiro atoms. The number of carbonyl (C=O) groups is 1. The molecule has 0 atom stereocenters. The van der Waals surface area contributed by atoms with E-state index in [2.05, 4.69) is 43.4 Å². The Balaban J connectivity index is 1.97. The molecule has 34 heavy (non-hydrogen) atoms. The van der Waals surface area contributed by atoms with Crippen molar-refractivity contribution in [1.29, 1.82) is 5.41 Å². The van der Waals surface area contributed by atoms with Crippen molar-refractivity contribution < 1.29 is 4.79 Å². The summed E-state index contributed by atoms with van der Waals surface area (Å²) in [4.78, 5) is 13.6. The number of carbonyl (C=O) groups excluding carboxylic acids is 1. The molecular weight excluding hydrogens is 420 g/mol. The first-order chi connectivity index (χ1) is 16.1. The minimum absolute atomic E-state index is 0.235. The molecule has 1 heterocycles. The summed E-state index contributed by atoms with van der Waals surface area (Å²) in [6.07, 6.45) is 1.79. The zero-order valence-corrected chi connectivity index (χ0v) is 21.0. The standard InChI is InChI=1S/C29H32N4O/c1-17-8-10-24(11-9-17)31-28(34)25-16-32(26-20(4)12-18(2)13-21(26)5)29(30)33(25)27-22(6)14-19(3)15-23(27)7/h8-16,30H,1-7H3,(H,31,34). The molecule has 1 aromatic heterocycles. The van der Waals surface area contributed by atoms with Crippen LogP contribution in [0.25, 0.3) is 11.4 Å². The van der Waals surface area contributed by atoms with Gasteiger partial charge in [0.15, 0.2) is 0 Å². The Morgan fingerprint density at radius 2 is 1.18 bits per heavy atom. The summed E-state index contributed by atoms with van der Waals surface area (Å²) in [5.41, 5.74) is 10.8. The van der Waals surface area contributed by atoms with Crippen LogP contribution in [0.2, 0.25) is 0 Å². The number of nitrogens with zero attached hydrogens (tertiary/aromatic N) is 2. The van der Waals surface area contributed by atoms with Gasteiger partial charge >= 0.3 is 0 Å². The number of hydrogen-bond donors (Lipinski definition) is 2. The predicted octanol–water partition coefficient (Wildman–Crippen LogP) is 6.16. The Kier molecular flexibility index (Phi) is 6.05. The van der Waals surface area contributed by atoms with Crippen LogP contribution in [0.1, 0.15) is 49.4 Å².